The second kappa shape index (κ2) is 6.76. The Hall–Kier alpha value is 0.340. The van der Waals surface area contributed by atoms with E-state index in [2.05, 4.69) is 29.8 Å². The van der Waals surface area contributed by atoms with E-state index in [4.69, 9.17) is 0 Å². The fraction of sp³-hybridized carbons (Fsp3) is 1.00. The maximum Gasteiger partial charge on any atom is 0.248 e. The third kappa shape index (κ3) is 7.72. The predicted molar refractivity (Wildman–Crippen MR) is 61.2 cm³/mol. The predicted octanol–water partition coefficient (Wildman–Crippen LogP) is 4.87. The number of rotatable bonds is 1. The topological polar surface area (TPSA) is 0 Å². The van der Waals surface area contributed by atoms with Crippen molar-refractivity contribution in [1.82, 2.24) is 0 Å². The van der Waals surface area contributed by atoms with Crippen LogP contribution in [0, 0.1) is 11.8 Å². The summed E-state index contributed by atoms with van der Waals surface area (Å²) in [5, 5.41) is 1.12. The Balaban J connectivity index is 0.000000292. The summed E-state index contributed by atoms with van der Waals surface area (Å²) in [4.78, 5) is 0. The molecule has 86 valence electrons. The maximum absolute atomic E-state index is 12.4. The van der Waals surface area contributed by atoms with E-state index < -0.39 is 5.92 Å². The second-order valence-corrected chi connectivity index (χ2v) is 5.23. The molecule has 0 atom stereocenters. The molecule has 0 aromatic carbocycles. The van der Waals surface area contributed by atoms with Gasteiger partial charge in [-0.1, -0.05) is 36.7 Å². The molecule has 0 aromatic rings. The van der Waals surface area contributed by atoms with Crippen molar-refractivity contribution in [3.05, 3.63) is 0 Å². The van der Waals surface area contributed by atoms with Crippen LogP contribution in [0.3, 0.4) is 0 Å². The largest absolute Gasteiger partial charge is 0.248 e. The van der Waals surface area contributed by atoms with Crippen LogP contribution < -0.4 is 0 Å². The molecule has 0 heterocycles. The summed E-state index contributed by atoms with van der Waals surface area (Å²) in [7, 11) is 0. The zero-order valence-corrected chi connectivity index (χ0v) is 10.9. The van der Waals surface area contributed by atoms with Gasteiger partial charge in [0.15, 0.2) is 0 Å². The van der Waals surface area contributed by atoms with E-state index in [0.717, 1.165) is 11.2 Å². The van der Waals surface area contributed by atoms with E-state index in [9.17, 15) is 8.78 Å². The highest BCUT2D eigenvalue weighted by molar-refractivity contribution is 9.09. The minimum Gasteiger partial charge on any atom is -0.207 e. The van der Waals surface area contributed by atoms with Crippen molar-refractivity contribution in [1.29, 1.82) is 0 Å². The third-order valence-corrected chi connectivity index (χ3v) is 3.61. The fourth-order valence-electron chi connectivity index (χ4n) is 1.18. The molecule has 0 aromatic heterocycles. The number of alkyl halides is 3. The average molecular weight is 271 g/mol. The Labute approximate surface area is 94.6 Å². The van der Waals surface area contributed by atoms with Gasteiger partial charge in [-0.25, -0.2) is 8.78 Å². The van der Waals surface area contributed by atoms with Gasteiger partial charge >= 0.3 is 0 Å². The van der Waals surface area contributed by atoms with Gasteiger partial charge in [0.2, 0.25) is 5.92 Å². The molecule has 1 rings (SSSR count). The molecule has 1 aliphatic carbocycles. The summed E-state index contributed by atoms with van der Waals surface area (Å²) < 4.78 is 24.8. The third-order valence-electron chi connectivity index (χ3n) is 2.31. The molecule has 0 aliphatic heterocycles. The molecule has 1 aliphatic rings. The van der Waals surface area contributed by atoms with Crippen molar-refractivity contribution in [2.75, 3.05) is 5.33 Å². The summed E-state index contributed by atoms with van der Waals surface area (Å²) in [5.41, 5.74) is 0. The van der Waals surface area contributed by atoms with Gasteiger partial charge in [0.1, 0.15) is 0 Å². The fourth-order valence-corrected chi connectivity index (χ4v) is 1.18. The molecule has 3 heteroatoms. The van der Waals surface area contributed by atoms with Gasteiger partial charge < -0.3 is 0 Å². The molecular weight excluding hydrogens is 250 g/mol. The first kappa shape index (κ1) is 14.3. The monoisotopic (exact) mass is 270 g/mol. The van der Waals surface area contributed by atoms with Crippen LogP contribution >= 0.6 is 15.9 Å². The van der Waals surface area contributed by atoms with E-state index in [1.807, 2.05) is 6.92 Å². The molecule has 0 nitrogen and oxygen atoms in total. The second-order valence-electron chi connectivity index (χ2n) is 4.59. The Morgan fingerprint density at radius 1 is 1.29 bits per heavy atom. The van der Waals surface area contributed by atoms with Gasteiger partial charge in [0.25, 0.3) is 0 Å². The highest BCUT2D eigenvalue weighted by atomic mass is 79.9. The Kier molecular flexibility index (Phi) is 6.92. The lowest BCUT2D eigenvalue weighted by molar-refractivity contribution is -0.0438. The highest BCUT2D eigenvalue weighted by Crippen LogP contribution is 2.35. The van der Waals surface area contributed by atoms with Gasteiger partial charge in [0, 0.05) is 18.2 Å². The van der Waals surface area contributed by atoms with Crippen molar-refractivity contribution >= 4 is 15.9 Å². The van der Waals surface area contributed by atoms with Crippen molar-refractivity contribution in [3.63, 3.8) is 0 Å². The van der Waals surface area contributed by atoms with Crippen LogP contribution in [-0.4, -0.2) is 11.3 Å². The lowest BCUT2D eigenvalue weighted by Crippen LogP contribution is -2.23. The van der Waals surface area contributed by atoms with Crippen LogP contribution in [-0.2, 0) is 0 Å². The first-order chi connectivity index (χ1) is 6.37. The lowest BCUT2D eigenvalue weighted by Gasteiger charge is -2.25. The minimum atomic E-state index is -2.34. The maximum atomic E-state index is 12.4. The molecule has 0 radical (unpaired) electrons. The Bertz CT molecular complexity index is 136. The van der Waals surface area contributed by atoms with Crippen molar-refractivity contribution in [2.24, 2.45) is 11.8 Å². The zero-order valence-electron chi connectivity index (χ0n) is 9.32. The van der Waals surface area contributed by atoms with Gasteiger partial charge in [-0.15, -0.1) is 0 Å². The van der Waals surface area contributed by atoms with Gasteiger partial charge in [-0.3, -0.25) is 0 Å². The first-order valence-electron chi connectivity index (χ1n) is 5.31. The van der Waals surface area contributed by atoms with E-state index in [-0.39, 0.29) is 12.8 Å². The van der Waals surface area contributed by atoms with E-state index in [0.29, 0.717) is 18.8 Å². The average Bonchev–Trinajstić information content (AvgIpc) is 2.11. The van der Waals surface area contributed by atoms with E-state index >= 15 is 0 Å². The Morgan fingerprint density at radius 2 is 1.64 bits per heavy atom. The summed E-state index contributed by atoms with van der Waals surface area (Å²) in [6.45, 7) is 6.39. The minimum absolute atomic E-state index is 0.105. The lowest BCUT2D eigenvalue weighted by atomic mass is 9.88. The molecule has 0 unspecified atom stereocenters. The van der Waals surface area contributed by atoms with E-state index in [1.165, 1.54) is 0 Å². The molecule has 0 spiro atoms. The molecule has 0 amide bonds. The molecular formula is C11H21BrF2. The smallest absolute Gasteiger partial charge is 0.207 e. The van der Waals surface area contributed by atoms with Crippen LogP contribution in [0.5, 0.6) is 0 Å². The molecule has 0 saturated heterocycles. The van der Waals surface area contributed by atoms with Gasteiger partial charge in [-0.2, -0.15) is 0 Å². The Morgan fingerprint density at radius 3 is 1.86 bits per heavy atom. The summed E-state index contributed by atoms with van der Waals surface area (Å²) in [6.07, 6.45) is 1.61. The van der Waals surface area contributed by atoms with Crippen molar-refractivity contribution in [3.8, 4) is 0 Å². The van der Waals surface area contributed by atoms with Crippen LogP contribution in [0.15, 0.2) is 0 Å². The summed E-state index contributed by atoms with van der Waals surface area (Å²) in [5.74, 6) is -1.02. The van der Waals surface area contributed by atoms with Crippen LogP contribution in [0.25, 0.3) is 0 Å². The molecule has 0 N–H and O–H groups in total. The van der Waals surface area contributed by atoms with Crippen LogP contribution in [0.1, 0.15) is 46.5 Å². The standard InChI is InChI=1S/C7H12F2.C4H9Br/c1-6-2-4-7(8,9)5-3-6;1-4(2)3-5/h6H,2-5H2,1H3;4H,3H2,1-2H3. The number of hydrogen-bond donors (Lipinski definition) is 0. The van der Waals surface area contributed by atoms with Crippen LogP contribution in [0.4, 0.5) is 8.78 Å². The van der Waals surface area contributed by atoms with Crippen LogP contribution in [0.2, 0.25) is 0 Å². The number of hydrogen-bond acceptors (Lipinski definition) is 0. The van der Waals surface area contributed by atoms with E-state index in [1.54, 1.807) is 0 Å². The van der Waals surface area contributed by atoms with Crippen molar-refractivity contribution in [2.45, 2.75) is 52.4 Å². The normalized spacial score (nSPS) is 21.6. The number of halogens is 3. The quantitative estimate of drug-likeness (QED) is 0.597. The first-order valence-corrected chi connectivity index (χ1v) is 6.43. The molecule has 1 saturated carbocycles. The summed E-state index contributed by atoms with van der Waals surface area (Å²) in [6, 6.07) is 0. The SMILES string of the molecule is CC(C)CBr.CC1CCC(F)(F)CC1. The summed E-state index contributed by atoms with van der Waals surface area (Å²) >= 11 is 3.31. The zero-order chi connectivity index (χ0) is 11.2. The highest BCUT2D eigenvalue weighted by Gasteiger charge is 2.32. The molecule has 1 fully saturated rings. The van der Waals surface area contributed by atoms with Gasteiger partial charge in [-0.05, 0) is 24.7 Å². The molecule has 14 heavy (non-hydrogen) atoms. The van der Waals surface area contributed by atoms with Crippen molar-refractivity contribution < 1.29 is 8.78 Å². The molecule has 0 bridgehead atoms. The van der Waals surface area contributed by atoms with Gasteiger partial charge in [0.05, 0.1) is 0 Å².